The lowest BCUT2D eigenvalue weighted by Crippen LogP contribution is -2.27. The quantitative estimate of drug-likeness (QED) is 0.853. The van der Waals surface area contributed by atoms with Crippen LogP contribution in [0.25, 0.3) is 0 Å². The van der Waals surface area contributed by atoms with Crippen LogP contribution in [0.15, 0.2) is 18.3 Å². The number of anilines is 1. The monoisotopic (exact) mass is 234 g/mol. The second-order valence-electron chi connectivity index (χ2n) is 4.70. The molecule has 0 saturated carbocycles. The van der Waals surface area contributed by atoms with Crippen LogP contribution in [0.1, 0.15) is 36.5 Å². The Morgan fingerprint density at radius 1 is 1.47 bits per heavy atom. The van der Waals surface area contributed by atoms with Crippen molar-refractivity contribution in [3.05, 3.63) is 23.9 Å². The number of carboxylic acid groups (broad SMARTS) is 1. The molecule has 2 heterocycles. The maximum Gasteiger partial charge on any atom is 0.339 e. The van der Waals surface area contributed by atoms with Gasteiger partial charge in [0.15, 0.2) is 0 Å². The third-order valence-electron chi connectivity index (χ3n) is 3.33. The molecule has 1 fully saturated rings. The summed E-state index contributed by atoms with van der Waals surface area (Å²) >= 11 is 0. The largest absolute Gasteiger partial charge is 0.478 e. The van der Waals surface area contributed by atoms with E-state index in [1.165, 1.54) is 6.42 Å². The molecule has 1 aliphatic heterocycles. The van der Waals surface area contributed by atoms with Gasteiger partial charge in [0.1, 0.15) is 11.4 Å². The van der Waals surface area contributed by atoms with Gasteiger partial charge in [0.25, 0.3) is 0 Å². The predicted octanol–water partition coefficient (Wildman–Crippen LogP) is 2.41. The van der Waals surface area contributed by atoms with Gasteiger partial charge in [-0.15, -0.1) is 0 Å². The maximum absolute atomic E-state index is 11.1. The topological polar surface area (TPSA) is 53.4 Å². The van der Waals surface area contributed by atoms with E-state index < -0.39 is 5.97 Å². The van der Waals surface area contributed by atoms with Gasteiger partial charge in [-0.25, -0.2) is 9.78 Å². The van der Waals surface area contributed by atoms with Gasteiger partial charge >= 0.3 is 5.97 Å². The Labute approximate surface area is 101 Å². The molecule has 1 unspecified atom stereocenters. The van der Waals surface area contributed by atoms with E-state index in [4.69, 9.17) is 5.11 Å². The van der Waals surface area contributed by atoms with E-state index in [1.807, 2.05) is 0 Å². The Balaban J connectivity index is 2.24. The molecular formula is C13H18N2O2. The van der Waals surface area contributed by atoms with Crippen LogP contribution in [0.2, 0.25) is 0 Å². The molecule has 17 heavy (non-hydrogen) atoms. The van der Waals surface area contributed by atoms with Gasteiger partial charge in [-0.1, -0.05) is 6.92 Å². The molecule has 1 aromatic heterocycles. The fourth-order valence-corrected chi connectivity index (χ4v) is 2.29. The molecule has 0 bridgehead atoms. The zero-order valence-electron chi connectivity index (χ0n) is 10.1. The number of nitrogens with zero attached hydrogens (tertiary/aromatic N) is 2. The summed E-state index contributed by atoms with van der Waals surface area (Å²) in [4.78, 5) is 17.5. The van der Waals surface area contributed by atoms with Crippen LogP contribution in [0.5, 0.6) is 0 Å². The summed E-state index contributed by atoms with van der Waals surface area (Å²) in [5.74, 6) is 0.441. The Morgan fingerprint density at radius 3 is 3.06 bits per heavy atom. The van der Waals surface area contributed by atoms with E-state index in [1.54, 1.807) is 18.3 Å². The lowest BCUT2D eigenvalue weighted by Gasteiger charge is -2.22. The van der Waals surface area contributed by atoms with Crippen molar-refractivity contribution < 1.29 is 9.90 Å². The highest BCUT2D eigenvalue weighted by atomic mass is 16.4. The molecular weight excluding hydrogens is 216 g/mol. The zero-order valence-corrected chi connectivity index (χ0v) is 10.1. The number of aromatic carboxylic acids is 1. The predicted molar refractivity (Wildman–Crippen MR) is 66.4 cm³/mol. The highest BCUT2D eigenvalue weighted by Gasteiger charge is 2.19. The molecule has 0 aromatic carbocycles. The molecule has 4 heteroatoms. The summed E-state index contributed by atoms with van der Waals surface area (Å²) in [6.45, 7) is 4.06. The van der Waals surface area contributed by atoms with Crippen LogP contribution >= 0.6 is 0 Å². The van der Waals surface area contributed by atoms with Gasteiger partial charge in [-0.3, -0.25) is 0 Å². The van der Waals surface area contributed by atoms with Gasteiger partial charge in [0, 0.05) is 19.3 Å². The van der Waals surface area contributed by atoms with Crippen molar-refractivity contribution in [2.45, 2.75) is 26.2 Å². The van der Waals surface area contributed by atoms with Gasteiger partial charge in [-0.2, -0.15) is 0 Å². The molecule has 1 aliphatic rings. The number of hydrogen-bond donors (Lipinski definition) is 1. The summed E-state index contributed by atoms with van der Waals surface area (Å²) in [7, 11) is 0. The summed E-state index contributed by atoms with van der Waals surface area (Å²) in [6.07, 6.45) is 5.09. The normalized spacial score (nSPS) is 21.0. The van der Waals surface area contributed by atoms with Crippen molar-refractivity contribution >= 4 is 11.8 Å². The van der Waals surface area contributed by atoms with Crippen LogP contribution in [-0.2, 0) is 0 Å². The van der Waals surface area contributed by atoms with E-state index >= 15 is 0 Å². The molecule has 0 spiro atoms. The lowest BCUT2D eigenvalue weighted by atomic mass is 10.0. The molecule has 1 aromatic rings. The smallest absolute Gasteiger partial charge is 0.339 e. The van der Waals surface area contributed by atoms with E-state index in [0.29, 0.717) is 11.4 Å². The van der Waals surface area contributed by atoms with Crippen molar-refractivity contribution in [1.29, 1.82) is 0 Å². The van der Waals surface area contributed by atoms with Crippen LogP contribution in [0, 0.1) is 5.92 Å². The Bertz CT molecular complexity index is 406. The average Bonchev–Trinajstić information content (AvgIpc) is 2.54. The summed E-state index contributed by atoms with van der Waals surface area (Å²) < 4.78 is 0. The second-order valence-corrected chi connectivity index (χ2v) is 4.70. The molecule has 2 rings (SSSR count). The molecule has 1 saturated heterocycles. The second kappa shape index (κ2) is 5.17. The van der Waals surface area contributed by atoms with Gasteiger partial charge in [0.2, 0.25) is 0 Å². The molecule has 0 aliphatic carbocycles. The van der Waals surface area contributed by atoms with Crippen LogP contribution in [-0.4, -0.2) is 29.1 Å². The van der Waals surface area contributed by atoms with Crippen LogP contribution < -0.4 is 4.90 Å². The first-order valence-electron chi connectivity index (χ1n) is 6.11. The fourth-order valence-electron chi connectivity index (χ4n) is 2.29. The third kappa shape index (κ3) is 2.75. The highest BCUT2D eigenvalue weighted by molar-refractivity contribution is 5.93. The Morgan fingerprint density at radius 2 is 2.29 bits per heavy atom. The number of aromatic nitrogens is 1. The first-order chi connectivity index (χ1) is 8.18. The van der Waals surface area contributed by atoms with E-state index in [9.17, 15) is 4.79 Å². The number of rotatable bonds is 2. The standard InChI is InChI=1S/C13H18N2O2/c1-10-4-3-8-15(9-6-10)12-11(13(16)17)5-2-7-14-12/h2,5,7,10H,3-4,6,8-9H2,1H3,(H,16,17). The molecule has 0 amide bonds. The number of pyridine rings is 1. The minimum absolute atomic E-state index is 0.307. The zero-order chi connectivity index (χ0) is 12.3. The summed E-state index contributed by atoms with van der Waals surface area (Å²) in [5, 5.41) is 9.15. The summed E-state index contributed by atoms with van der Waals surface area (Å²) in [6, 6.07) is 3.30. The maximum atomic E-state index is 11.1. The van der Waals surface area contributed by atoms with Crippen molar-refractivity contribution in [3.63, 3.8) is 0 Å². The number of hydrogen-bond acceptors (Lipinski definition) is 3. The van der Waals surface area contributed by atoms with Crippen LogP contribution in [0.3, 0.4) is 0 Å². The molecule has 0 radical (unpaired) electrons. The van der Waals surface area contributed by atoms with E-state index in [-0.39, 0.29) is 0 Å². The lowest BCUT2D eigenvalue weighted by molar-refractivity contribution is 0.0697. The van der Waals surface area contributed by atoms with Crippen molar-refractivity contribution in [3.8, 4) is 0 Å². The fraction of sp³-hybridized carbons (Fsp3) is 0.538. The van der Waals surface area contributed by atoms with Gasteiger partial charge < -0.3 is 10.0 Å². The minimum atomic E-state index is -0.898. The summed E-state index contributed by atoms with van der Waals surface area (Å²) in [5.41, 5.74) is 0.307. The van der Waals surface area contributed by atoms with E-state index in [0.717, 1.165) is 31.8 Å². The number of carbonyl (C=O) groups is 1. The van der Waals surface area contributed by atoms with E-state index in [2.05, 4.69) is 16.8 Å². The SMILES string of the molecule is CC1CCCN(c2ncccc2C(=O)O)CC1. The van der Waals surface area contributed by atoms with Crippen molar-refractivity contribution in [2.75, 3.05) is 18.0 Å². The Hall–Kier alpha value is -1.58. The number of carboxylic acids is 1. The molecule has 92 valence electrons. The highest BCUT2D eigenvalue weighted by Crippen LogP contribution is 2.23. The van der Waals surface area contributed by atoms with Crippen molar-refractivity contribution in [1.82, 2.24) is 4.98 Å². The first kappa shape index (κ1) is 11.9. The third-order valence-corrected chi connectivity index (χ3v) is 3.33. The Kier molecular flexibility index (Phi) is 3.61. The molecule has 1 N–H and O–H groups in total. The first-order valence-corrected chi connectivity index (χ1v) is 6.11. The van der Waals surface area contributed by atoms with Crippen LogP contribution in [0.4, 0.5) is 5.82 Å². The minimum Gasteiger partial charge on any atom is -0.478 e. The molecule has 4 nitrogen and oxygen atoms in total. The van der Waals surface area contributed by atoms with Gasteiger partial charge in [-0.05, 0) is 37.3 Å². The molecule has 1 atom stereocenters. The average molecular weight is 234 g/mol. The van der Waals surface area contributed by atoms with Gasteiger partial charge in [0.05, 0.1) is 0 Å². The van der Waals surface area contributed by atoms with Crippen molar-refractivity contribution in [2.24, 2.45) is 5.92 Å².